The summed E-state index contributed by atoms with van der Waals surface area (Å²) in [6.45, 7) is 0.0241. The Kier molecular flexibility index (Phi) is 6.54. The molecule has 0 bridgehead atoms. The minimum atomic E-state index is -0.655. The molecule has 0 saturated heterocycles. The number of aliphatic imine (C=N–C) groups is 1. The molecule has 0 saturated carbocycles. The molecule has 1 amide bonds. The summed E-state index contributed by atoms with van der Waals surface area (Å²) in [4.78, 5) is 16.4. The number of benzene rings is 3. The number of hydrogen-bond donors (Lipinski definition) is 3. The largest absolute Gasteiger partial charge is 0.398 e. The van der Waals surface area contributed by atoms with Gasteiger partial charge in [-0.1, -0.05) is 18.2 Å². The van der Waals surface area contributed by atoms with Crippen LogP contribution in [0.5, 0.6) is 0 Å². The molecule has 5 N–H and O–H groups in total. The van der Waals surface area contributed by atoms with E-state index in [2.05, 4.69) is 4.99 Å². The lowest BCUT2D eigenvalue weighted by Crippen LogP contribution is -2.18. The van der Waals surface area contributed by atoms with Crippen LogP contribution in [0.4, 0.5) is 14.5 Å². The summed E-state index contributed by atoms with van der Waals surface area (Å²) < 4.78 is 26.9. The summed E-state index contributed by atoms with van der Waals surface area (Å²) in [5, 5.41) is 8.96. The Morgan fingerprint density at radius 1 is 0.900 bits per heavy atom. The number of amidine groups is 1. The van der Waals surface area contributed by atoms with Crippen LogP contribution in [0.2, 0.25) is 0 Å². The maximum Gasteiger partial charge on any atom is 0.278 e. The number of halogens is 2. The van der Waals surface area contributed by atoms with Crippen LogP contribution in [0.15, 0.2) is 65.7 Å². The Morgan fingerprint density at radius 3 is 2.17 bits per heavy atom. The van der Waals surface area contributed by atoms with E-state index in [1.165, 1.54) is 12.1 Å². The maximum atomic E-state index is 13.4. The van der Waals surface area contributed by atoms with E-state index >= 15 is 0 Å². The first-order valence-corrected chi connectivity index (χ1v) is 9.27. The molecule has 0 atom stereocenters. The van der Waals surface area contributed by atoms with Crippen molar-refractivity contribution >= 4 is 17.4 Å². The van der Waals surface area contributed by atoms with Crippen molar-refractivity contribution in [1.29, 1.82) is 0 Å². The van der Waals surface area contributed by atoms with Crippen LogP contribution in [0.1, 0.15) is 32.6 Å². The van der Waals surface area contributed by atoms with E-state index in [0.717, 1.165) is 11.6 Å². The molecule has 0 fully saturated rings. The number of hydrogen-bond acceptors (Lipinski definition) is 3. The summed E-state index contributed by atoms with van der Waals surface area (Å²) in [6.07, 6.45) is 0.758. The molecule has 0 aliphatic rings. The third-order valence-electron chi connectivity index (χ3n) is 4.55. The van der Waals surface area contributed by atoms with Gasteiger partial charge in [-0.2, -0.15) is 4.99 Å². The molecular formula is C23H21F2N3O2. The van der Waals surface area contributed by atoms with Gasteiger partial charge in [0.2, 0.25) is 0 Å². The second-order valence-electron chi connectivity index (χ2n) is 6.85. The van der Waals surface area contributed by atoms with Crippen molar-refractivity contribution in [1.82, 2.24) is 0 Å². The van der Waals surface area contributed by atoms with Gasteiger partial charge in [0.15, 0.2) is 0 Å². The van der Waals surface area contributed by atoms with Crippen LogP contribution in [0.3, 0.4) is 0 Å². The van der Waals surface area contributed by atoms with Crippen LogP contribution >= 0.6 is 0 Å². The number of aliphatic hydroxyl groups excluding tert-OH is 1. The third kappa shape index (κ3) is 5.27. The molecule has 5 nitrogen and oxygen atoms in total. The zero-order valence-electron chi connectivity index (χ0n) is 16.1. The fourth-order valence-corrected chi connectivity index (χ4v) is 3.06. The molecule has 0 heterocycles. The maximum absolute atomic E-state index is 13.4. The van der Waals surface area contributed by atoms with Gasteiger partial charge in [0, 0.05) is 29.5 Å². The number of nitrogen functional groups attached to an aromatic ring is 1. The first-order chi connectivity index (χ1) is 14.4. The molecule has 3 aromatic carbocycles. The van der Waals surface area contributed by atoms with Gasteiger partial charge in [0.25, 0.3) is 5.91 Å². The average Bonchev–Trinajstić information content (AvgIpc) is 2.69. The van der Waals surface area contributed by atoms with Gasteiger partial charge in [-0.15, -0.1) is 0 Å². The number of carbonyl (C=O) groups is 1. The molecule has 154 valence electrons. The first-order valence-electron chi connectivity index (χ1n) is 9.27. The normalized spacial score (nSPS) is 11.5. The van der Waals surface area contributed by atoms with Gasteiger partial charge in [-0.05, 0) is 65.9 Å². The van der Waals surface area contributed by atoms with E-state index in [1.54, 1.807) is 42.5 Å². The topological polar surface area (TPSA) is 102 Å². The zero-order chi connectivity index (χ0) is 21.7. The van der Waals surface area contributed by atoms with Crippen LogP contribution in [0.25, 0.3) is 0 Å². The highest BCUT2D eigenvalue weighted by Crippen LogP contribution is 2.19. The highest BCUT2D eigenvalue weighted by molar-refractivity contribution is 6.10. The van der Waals surface area contributed by atoms with Gasteiger partial charge in [0.05, 0.1) is 0 Å². The zero-order valence-corrected chi connectivity index (χ0v) is 16.1. The number of nitrogens with zero attached hydrogens (tertiary/aromatic N) is 1. The van der Waals surface area contributed by atoms with Crippen molar-refractivity contribution in [2.75, 3.05) is 12.3 Å². The quantitative estimate of drug-likeness (QED) is 0.330. The van der Waals surface area contributed by atoms with E-state index in [4.69, 9.17) is 16.6 Å². The number of carbonyl (C=O) groups excluding carboxylic acids is 1. The molecule has 0 radical (unpaired) electrons. The number of rotatable bonds is 6. The highest BCUT2D eigenvalue weighted by atomic mass is 19.1. The van der Waals surface area contributed by atoms with Crippen molar-refractivity contribution in [3.05, 3.63) is 100 Å². The lowest BCUT2D eigenvalue weighted by Gasteiger charge is -2.09. The third-order valence-corrected chi connectivity index (χ3v) is 4.55. The van der Waals surface area contributed by atoms with Crippen molar-refractivity contribution in [3.63, 3.8) is 0 Å². The molecular weight excluding hydrogens is 388 g/mol. The summed E-state index contributed by atoms with van der Waals surface area (Å²) >= 11 is 0. The lowest BCUT2D eigenvalue weighted by atomic mass is 10.0. The fraction of sp³-hybridized carbons (Fsp3) is 0.130. The van der Waals surface area contributed by atoms with Crippen LogP contribution in [-0.4, -0.2) is 23.5 Å². The molecule has 0 aliphatic heterocycles. The molecule has 30 heavy (non-hydrogen) atoms. The summed E-state index contributed by atoms with van der Waals surface area (Å²) in [6, 6.07) is 15.0. The number of aliphatic hydroxyl groups is 1. The van der Waals surface area contributed by atoms with Crippen molar-refractivity contribution in [3.8, 4) is 0 Å². The van der Waals surface area contributed by atoms with E-state index in [9.17, 15) is 13.6 Å². The highest BCUT2D eigenvalue weighted by Gasteiger charge is 2.11. The summed E-state index contributed by atoms with van der Waals surface area (Å²) in [5.74, 6) is -1.89. The standard InChI is InChI=1S/C23H21F2N3O2/c24-18-10-16(11-19(25)13-18)9-15-3-6-21(26)20(12-15)22(27)28-23(30)17-4-1-14(2-5-17)7-8-29/h1-6,10-13,29H,7-9,26H2,(H2,27,28,30). The Hall–Kier alpha value is -3.58. The monoisotopic (exact) mass is 409 g/mol. The minimum Gasteiger partial charge on any atom is -0.398 e. The van der Waals surface area contributed by atoms with E-state index in [1.807, 2.05) is 0 Å². The Labute approximate surface area is 172 Å². The second-order valence-corrected chi connectivity index (χ2v) is 6.85. The predicted molar refractivity (Wildman–Crippen MR) is 112 cm³/mol. The van der Waals surface area contributed by atoms with E-state index < -0.39 is 17.5 Å². The Morgan fingerprint density at radius 2 is 1.53 bits per heavy atom. The van der Waals surface area contributed by atoms with Crippen molar-refractivity contribution in [2.24, 2.45) is 10.7 Å². The lowest BCUT2D eigenvalue weighted by molar-refractivity contribution is 0.100. The summed E-state index contributed by atoms with van der Waals surface area (Å²) in [5.41, 5.74) is 15.1. The first kappa shape index (κ1) is 21.1. The molecule has 3 aromatic rings. The van der Waals surface area contributed by atoms with Crippen LogP contribution in [0, 0.1) is 11.6 Å². The fourth-order valence-electron chi connectivity index (χ4n) is 3.06. The Bertz CT molecular complexity index is 1080. The molecule has 0 aromatic heterocycles. The summed E-state index contributed by atoms with van der Waals surface area (Å²) in [7, 11) is 0. The second kappa shape index (κ2) is 9.28. The van der Waals surface area contributed by atoms with E-state index in [0.29, 0.717) is 34.4 Å². The average molecular weight is 409 g/mol. The number of nitrogens with two attached hydrogens (primary N) is 2. The minimum absolute atomic E-state index is 0.0241. The number of amides is 1. The van der Waals surface area contributed by atoms with Crippen molar-refractivity contribution in [2.45, 2.75) is 12.8 Å². The Balaban J connectivity index is 1.83. The predicted octanol–water partition coefficient (Wildman–Crippen LogP) is 3.22. The van der Waals surface area contributed by atoms with Crippen LogP contribution in [-0.2, 0) is 12.8 Å². The van der Waals surface area contributed by atoms with E-state index in [-0.39, 0.29) is 18.9 Å². The molecule has 0 unspecified atom stereocenters. The molecule has 0 aliphatic carbocycles. The SMILES string of the molecule is NC(=NC(=O)c1ccc(CCO)cc1)c1cc(Cc2cc(F)cc(F)c2)ccc1N. The van der Waals surface area contributed by atoms with Gasteiger partial charge >= 0.3 is 0 Å². The molecule has 0 spiro atoms. The molecule has 7 heteroatoms. The van der Waals surface area contributed by atoms with Gasteiger partial charge in [0.1, 0.15) is 17.5 Å². The smallest absolute Gasteiger partial charge is 0.278 e. The van der Waals surface area contributed by atoms with Crippen LogP contribution < -0.4 is 11.5 Å². The number of anilines is 1. The molecule has 3 rings (SSSR count). The van der Waals surface area contributed by atoms with Gasteiger partial charge in [-0.3, -0.25) is 4.79 Å². The van der Waals surface area contributed by atoms with Crippen molar-refractivity contribution < 1.29 is 18.7 Å². The van der Waals surface area contributed by atoms with Gasteiger partial charge < -0.3 is 16.6 Å². The van der Waals surface area contributed by atoms with Gasteiger partial charge in [-0.25, -0.2) is 8.78 Å².